The van der Waals surface area contributed by atoms with E-state index in [0.29, 0.717) is 22.5 Å². The fourth-order valence-corrected chi connectivity index (χ4v) is 5.34. The first kappa shape index (κ1) is 25.5. The van der Waals surface area contributed by atoms with Crippen LogP contribution in [0, 0.1) is 20.8 Å². The van der Waals surface area contributed by atoms with Crippen LogP contribution in [-0.2, 0) is 15.4 Å². The van der Waals surface area contributed by atoms with Crippen LogP contribution in [0.3, 0.4) is 0 Å². The summed E-state index contributed by atoms with van der Waals surface area (Å²) in [6, 6.07) is 12.4. The Morgan fingerprint density at radius 3 is 2.00 bits per heavy atom. The molecule has 0 saturated carbocycles. The Morgan fingerprint density at radius 2 is 1.47 bits per heavy atom. The van der Waals surface area contributed by atoms with Crippen molar-refractivity contribution in [2.45, 2.75) is 51.9 Å². The van der Waals surface area contributed by atoms with E-state index in [1.807, 2.05) is 32.9 Å². The number of pyridine rings is 1. The maximum Gasteiger partial charge on any atom is 0.263 e. The number of fused-ring (bicyclic) bond motifs is 1. The van der Waals surface area contributed by atoms with E-state index < -0.39 is 10.0 Å². The highest BCUT2D eigenvalue weighted by Gasteiger charge is 2.25. The number of nitrogens with one attached hydrogen (secondary N) is 1. The van der Waals surface area contributed by atoms with Gasteiger partial charge >= 0.3 is 0 Å². The molecule has 0 amide bonds. The number of nitrogens with zero attached hydrogens (tertiary/aromatic N) is 3. The van der Waals surface area contributed by atoms with E-state index >= 15 is 0 Å². The Bertz CT molecular complexity index is 1520. The van der Waals surface area contributed by atoms with Gasteiger partial charge in [-0.05, 0) is 44.0 Å². The third-order valence-electron chi connectivity index (χ3n) is 6.01. The normalized spacial score (nSPS) is 12.1. The highest BCUT2D eigenvalue weighted by atomic mass is 32.2. The Hall–Kier alpha value is -3.59. The average Bonchev–Trinajstić information content (AvgIpc) is 3.14. The summed E-state index contributed by atoms with van der Waals surface area (Å²) in [5.74, 6) is 0.930. The lowest BCUT2D eigenvalue weighted by molar-refractivity contribution is 0.392. The molecule has 0 bridgehead atoms. The summed E-state index contributed by atoms with van der Waals surface area (Å²) in [6.07, 6.45) is 0. The largest absolute Gasteiger partial charge is 0.497 e. The van der Waals surface area contributed by atoms with Crippen LogP contribution in [0.1, 0.15) is 43.2 Å². The van der Waals surface area contributed by atoms with Crippen LogP contribution in [-0.4, -0.2) is 37.4 Å². The van der Waals surface area contributed by atoms with Gasteiger partial charge in [0.15, 0.2) is 11.5 Å². The molecule has 2 aromatic heterocycles. The van der Waals surface area contributed by atoms with E-state index in [4.69, 9.17) is 19.6 Å². The summed E-state index contributed by atoms with van der Waals surface area (Å²) in [5, 5.41) is 5.33. The number of benzene rings is 2. The Labute approximate surface area is 212 Å². The number of hydrogen-bond acceptors (Lipinski definition) is 6. The molecule has 0 atom stereocenters. The highest BCUT2D eigenvalue weighted by molar-refractivity contribution is 7.92. The zero-order valence-corrected chi connectivity index (χ0v) is 22.7. The van der Waals surface area contributed by atoms with Crippen LogP contribution in [0.2, 0.25) is 0 Å². The Morgan fingerprint density at radius 1 is 0.889 bits per heavy atom. The van der Waals surface area contributed by atoms with Crippen molar-refractivity contribution in [2.24, 2.45) is 0 Å². The average molecular weight is 509 g/mol. The first-order valence-corrected chi connectivity index (χ1v) is 13.1. The third-order valence-corrected chi connectivity index (χ3v) is 7.33. The van der Waals surface area contributed by atoms with Crippen LogP contribution < -0.4 is 14.2 Å². The summed E-state index contributed by atoms with van der Waals surface area (Å²) >= 11 is 0. The Kier molecular flexibility index (Phi) is 6.47. The number of aryl methyl sites for hydroxylation is 3. The summed E-state index contributed by atoms with van der Waals surface area (Å²) in [5.41, 5.74) is 5.32. The van der Waals surface area contributed by atoms with E-state index in [1.165, 1.54) is 26.4 Å². The van der Waals surface area contributed by atoms with E-state index in [1.54, 1.807) is 10.7 Å². The van der Waals surface area contributed by atoms with Crippen LogP contribution in [0.4, 0.5) is 5.82 Å². The molecule has 1 N–H and O–H groups in total. The predicted molar refractivity (Wildman–Crippen MR) is 142 cm³/mol. The monoisotopic (exact) mass is 508 g/mol. The molecular formula is C27H32N4O4S. The molecule has 0 spiro atoms. The minimum atomic E-state index is -4.02. The van der Waals surface area contributed by atoms with Gasteiger partial charge in [0.1, 0.15) is 11.5 Å². The lowest BCUT2D eigenvalue weighted by Gasteiger charge is -2.18. The summed E-state index contributed by atoms with van der Waals surface area (Å²) in [6.45, 7) is 12.3. The van der Waals surface area contributed by atoms with E-state index in [2.05, 4.69) is 37.6 Å². The maximum absolute atomic E-state index is 13.4. The quantitative estimate of drug-likeness (QED) is 0.372. The van der Waals surface area contributed by atoms with Gasteiger partial charge in [0.2, 0.25) is 0 Å². The second-order valence-corrected chi connectivity index (χ2v) is 11.7. The molecule has 0 unspecified atom stereocenters. The molecule has 8 nitrogen and oxygen atoms in total. The molecule has 0 aliphatic rings. The molecule has 0 radical (unpaired) electrons. The fraction of sp³-hybridized carbons (Fsp3) is 0.333. The van der Waals surface area contributed by atoms with Gasteiger partial charge in [0.05, 0.1) is 30.2 Å². The molecule has 0 aliphatic carbocycles. The van der Waals surface area contributed by atoms with E-state index in [-0.39, 0.29) is 16.1 Å². The molecule has 36 heavy (non-hydrogen) atoms. The number of methoxy groups -OCH3 is 2. The standard InChI is InChI=1S/C27H32N4O4S/c1-16-11-17(2)24(18(3)12-16)31-26-22(9-10-23(28-26)27(4,5)6)25(29-31)30-36(32,33)21-14-19(34-7)13-20(15-21)35-8/h9-15H,1-8H3,(H,29,30). The van der Waals surface area contributed by atoms with Gasteiger partial charge < -0.3 is 9.47 Å². The van der Waals surface area contributed by atoms with Crippen LogP contribution in [0.5, 0.6) is 11.5 Å². The Balaban J connectivity index is 1.93. The zero-order chi connectivity index (χ0) is 26.4. The van der Waals surface area contributed by atoms with Gasteiger partial charge in [-0.1, -0.05) is 38.5 Å². The van der Waals surface area contributed by atoms with E-state index in [9.17, 15) is 8.42 Å². The first-order valence-electron chi connectivity index (χ1n) is 11.6. The van der Waals surface area contributed by atoms with Crippen molar-refractivity contribution in [3.05, 3.63) is 64.8 Å². The van der Waals surface area contributed by atoms with Crippen LogP contribution in [0.15, 0.2) is 47.4 Å². The lowest BCUT2D eigenvalue weighted by atomic mass is 9.91. The van der Waals surface area contributed by atoms with Gasteiger partial charge in [-0.2, -0.15) is 0 Å². The summed E-state index contributed by atoms with van der Waals surface area (Å²) < 4.78 is 41.8. The molecule has 9 heteroatoms. The number of ether oxygens (including phenoxy) is 2. The van der Waals surface area contributed by atoms with Gasteiger partial charge in [-0.25, -0.2) is 18.1 Å². The first-order chi connectivity index (χ1) is 16.8. The number of sulfonamides is 1. The maximum atomic E-state index is 13.4. The number of anilines is 1. The fourth-order valence-electron chi connectivity index (χ4n) is 4.27. The molecule has 0 fully saturated rings. The van der Waals surface area contributed by atoms with Gasteiger partial charge in [0.25, 0.3) is 10.0 Å². The molecule has 2 aromatic carbocycles. The minimum absolute atomic E-state index is 0.00312. The molecule has 190 valence electrons. The van der Waals surface area contributed by atoms with Gasteiger partial charge in [-0.15, -0.1) is 5.10 Å². The smallest absolute Gasteiger partial charge is 0.263 e. The third kappa shape index (κ3) is 4.75. The van der Waals surface area contributed by atoms with Crippen molar-refractivity contribution in [3.8, 4) is 17.2 Å². The van der Waals surface area contributed by atoms with Crippen molar-refractivity contribution < 1.29 is 17.9 Å². The lowest BCUT2D eigenvalue weighted by Crippen LogP contribution is -2.14. The topological polar surface area (TPSA) is 95.3 Å². The summed E-state index contributed by atoms with van der Waals surface area (Å²) in [4.78, 5) is 4.93. The zero-order valence-electron chi connectivity index (χ0n) is 21.9. The second kappa shape index (κ2) is 9.13. The molecule has 4 aromatic rings. The van der Waals surface area contributed by atoms with Gasteiger partial charge in [-0.3, -0.25) is 4.72 Å². The van der Waals surface area contributed by atoms with Crippen molar-refractivity contribution in [1.29, 1.82) is 0 Å². The highest BCUT2D eigenvalue weighted by Crippen LogP contribution is 2.33. The van der Waals surface area contributed by atoms with Gasteiger partial charge in [0, 0.05) is 29.3 Å². The van der Waals surface area contributed by atoms with Crippen molar-refractivity contribution in [2.75, 3.05) is 18.9 Å². The molecule has 4 rings (SSSR count). The van der Waals surface area contributed by atoms with E-state index in [0.717, 1.165) is 28.1 Å². The van der Waals surface area contributed by atoms with Crippen LogP contribution in [0.25, 0.3) is 16.7 Å². The van der Waals surface area contributed by atoms with Crippen molar-refractivity contribution >= 4 is 26.9 Å². The van der Waals surface area contributed by atoms with Crippen molar-refractivity contribution in [1.82, 2.24) is 14.8 Å². The number of rotatable bonds is 6. The molecule has 0 saturated heterocycles. The summed E-state index contributed by atoms with van der Waals surface area (Å²) in [7, 11) is -1.08. The number of hydrogen-bond donors (Lipinski definition) is 1. The SMILES string of the molecule is COc1cc(OC)cc(S(=O)(=O)Nc2nn(-c3c(C)cc(C)cc3C)c3nc(C(C)(C)C)ccc23)c1. The number of aromatic nitrogens is 3. The van der Waals surface area contributed by atoms with Crippen LogP contribution >= 0.6 is 0 Å². The molecular weight excluding hydrogens is 476 g/mol. The molecule has 2 heterocycles. The predicted octanol–water partition coefficient (Wildman–Crippen LogP) is 5.46. The minimum Gasteiger partial charge on any atom is -0.497 e. The molecule has 0 aliphatic heterocycles. The second-order valence-electron chi connectivity index (χ2n) is 9.98. The van der Waals surface area contributed by atoms with Crippen molar-refractivity contribution in [3.63, 3.8) is 0 Å².